The highest BCUT2D eigenvalue weighted by Gasteiger charge is 2.29. The average molecular weight is 434 g/mol. The molecule has 28 heavy (non-hydrogen) atoms. The number of hydrogen-bond acceptors (Lipinski definition) is 5. The van der Waals surface area contributed by atoms with Gasteiger partial charge in [-0.15, -0.1) is 0 Å². The van der Waals surface area contributed by atoms with Crippen molar-refractivity contribution in [1.82, 2.24) is 4.90 Å². The summed E-state index contributed by atoms with van der Waals surface area (Å²) in [6.07, 6.45) is 1.76. The van der Waals surface area contributed by atoms with Crippen LogP contribution in [0.25, 0.3) is 6.08 Å². The van der Waals surface area contributed by atoms with Gasteiger partial charge in [0.1, 0.15) is 29.0 Å². The lowest BCUT2D eigenvalue weighted by Gasteiger charge is -2.12. The van der Waals surface area contributed by atoms with Gasteiger partial charge in [-0.2, -0.15) is 0 Å². The summed E-state index contributed by atoms with van der Waals surface area (Å²) in [5, 5.41) is 0.567. The summed E-state index contributed by atoms with van der Waals surface area (Å²) >= 11 is 12.6. The minimum absolute atomic E-state index is 0.126. The summed E-state index contributed by atoms with van der Waals surface area (Å²) in [6, 6.07) is 11.4. The first-order valence-corrected chi connectivity index (χ1v) is 10.3. The Morgan fingerprint density at radius 3 is 2.43 bits per heavy atom. The molecule has 0 N–H and O–H groups in total. The third-order valence-electron chi connectivity index (χ3n) is 4.05. The first-order chi connectivity index (χ1) is 13.3. The number of rotatable bonds is 6. The molecule has 0 saturated carbocycles. The van der Waals surface area contributed by atoms with Gasteiger partial charge >= 0.3 is 0 Å². The molecular weight excluding hydrogens is 414 g/mol. The van der Waals surface area contributed by atoms with Crippen LogP contribution in [0.5, 0.6) is 11.5 Å². The molecule has 1 heterocycles. The topological polar surface area (TPSA) is 38.8 Å². The van der Waals surface area contributed by atoms with Crippen LogP contribution in [0.2, 0.25) is 5.02 Å². The van der Waals surface area contributed by atoms with Gasteiger partial charge < -0.3 is 9.47 Å². The van der Waals surface area contributed by atoms with Crippen LogP contribution in [0, 0.1) is 13.8 Å². The molecule has 1 amide bonds. The molecule has 1 aliphatic rings. The van der Waals surface area contributed by atoms with Crippen molar-refractivity contribution in [3.8, 4) is 11.5 Å². The number of carbonyl (C=O) groups is 1. The summed E-state index contributed by atoms with van der Waals surface area (Å²) in [7, 11) is 1.66. The molecule has 2 aromatic carbocycles. The van der Waals surface area contributed by atoms with Crippen LogP contribution in [-0.4, -0.2) is 35.4 Å². The van der Waals surface area contributed by atoms with E-state index in [1.807, 2.05) is 26.0 Å². The lowest BCUT2D eigenvalue weighted by Crippen LogP contribution is -2.22. The fourth-order valence-electron chi connectivity index (χ4n) is 2.78. The standard InChI is InChI=1S/C21H20ClNO3S2/c1-13-8-14(2)10-17(9-13)25-6-7-26-18-5-4-16(22)11-15(18)12-19-20(24)23(3)21(27)28-19/h4-5,8-12H,6-7H2,1-3H3/b19-12+. The van der Waals surface area contributed by atoms with E-state index in [0.29, 0.717) is 33.2 Å². The molecule has 2 aromatic rings. The fraction of sp³-hybridized carbons (Fsp3) is 0.238. The Bertz CT molecular complexity index is 938. The molecule has 0 unspecified atom stereocenters. The van der Waals surface area contributed by atoms with Crippen molar-refractivity contribution in [2.75, 3.05) is 20.3 Å². The maximum Gasteiger partial charge on any atom is 0.265 e. The quantitative estimate of drug-likeness (QED) is 0.353. The SMILES string of the molecule is Cc1cc(C)cc(OCCOc2ccc(Cl)cc2/C=C2/SC(=S)N(C)C2=O)c1. The van der Waals surface area contributed by atoms with Crippen molar-refractivity contribution in [2.45, 2.75) is 13.8 Å². The molecule has 0 aromatic heterocycles. The molecule has 0 radical (unpaired) electrons. The normalized spacial score (nSPS) is 15.4. The van der Waals surface area contributed by atoms with Crippen LogP contribution in [-0.2, 0) is 4.79 Å². The van der Waals surface area contributed by atoms with Crippen LogP contribution in [0.3, 0.4) is 0 Å². The number of nitrogens with zero attached hydrogens (tertiary/aromatic N) is 1. The largest absolute Gasteiger partial charge is 0.490 e. The minimum atomic E-state index is -0.126. The highest BCUT2D eigenvalue weighted by Crippen LogP contribution is 2.34. The second-order valence-corrected chi connectivity index (χ2v) is 8.56. The van der Waals surface area contributed by atoms with Gasteiger partial charge in [0.25, 0.3) is 5.91 Å². The first-order valence-electron chi connectivity index (χ1n) is 8.68. The van der Waals surface area contributed by atoms with Gasteiger partial charge in [-0.25, -0.2) is 0 Å². The number of amides is 1. The van der Waals surface area contributed by atoms with E-state index >= 15 is 0 Å². The Labute approximate surface area is 179 Å². The maximum absolute atomic E-state index is 12.2. The van der Waals surface area contributed by atoms with Gasteiger partial charge in [0.15, 0.2) is 0 Å². The van der Waals surface area contributed by atoms with Gasteiger partial charge in [-0.3, -0.25) is 9.69 Å². The molecule has 4 nitrogen and oxygen atoms in total. The van der Waals surface area contributed by atoms with E-state index in [9.17, 15) is 4.79 Å². The molecule has 1 aliphatic heterocycles. The van der Waals surface area contributed by atoms with Crippen LogP contribution in [0.1, 0.15) is 16.7 Å². The number of hydrogen-bond donors (Lipinski definition) is 0. The fourth-order valence-corrected chi connectivity index (χ4v) is 4.13. The number of halogens is 1. The van der Waals surface area contributed by atoms with Crippen LogP contribution in [0.4, 0.5) is 0 Å². The number of likely N-dealkylation sites (N-methyl/N-ethyl adjacent to an activating group) is 1. The zero-order chi connectivity index (χ0) is 20.3. The Morgan fingerprint density at radius 1 is 1.11 bits per heavy atom. The molecule has 7 heteroatoms. The zero-order valence-electron chi connectivity index (χ0n) is 15.8. The number of ether oxygens (including phenoxy) is 2. The molecule has 0 atom stereocenters. The summed E-state index contributed by atoms with van der Waals surface area (Å²) < 4.78 is 12.2. The smallest absolute Gasteiger partial charge is 0.265 e. The molecule has 146 valence electrons. The lowest BCUT2D eigenvalue weighted by molar-refractivity contribution is -0.121. The van der Waals surface area contributed by atoms with E-state index in [1.54, 1.807) is 31.3 Å². The van der Waals surface area contributed by atoms with Crippen molar-refractivity contribution in [1.29, 1.82) is 0 Å². The van der Waals surface area contributed by atoms with E-state index in [1.165, 1.54) is 16.7 Å². The summed E-state index contributed by atoms with van der Waals surface area (Å²) in [5.41, 5.74) is 3.04. The second kappa shape index (κ2) is 8.99. The maximum atomic E-state index is 12.2. The number of thioether (sulfide) groups is 1. The van der Waals surface area contributed by atoms with Crippen molar-refractivity contribution < 1.29 is 14.3 Å². The van der Waals surface area contributed by atoms with Crippen molar-refractivity contribution in [3.05, 3.63) is 63.0 Å². The van der Waals surface area contributed by atoms with Crippen molar-refractivity contribution in [3.63, 3.8) is 0 Å². The van der Waals surface area contributed by atoms with Gasteiger partial charge in [0.2, 0.25) is 0 Å². The summed E-state index contributed by atoms with van der Waals surface area (Å²) in [4.78, 5) is 14.2. The molecular formula is C21H20ClNO3S2. The molecule has 3 rings (SSSR count). The number of carbonyl (C=O) groups excluding carboxylic acids is 1. The Kier molecular flexibility index (Phi) is 6.65. The monoisotopic (exact) mass is 433 g/mol. The van der Waals surface area contributed by atoms with Gasteiger partial charge in [0.05, 0.1) is 4.91 Å². The Hall–Kier alpha value is -2.02. The molecule has 1 fully saturated rings. The highest BCUT2D eigenvalue weighted by molar-refractivity contribution is 8.26. The van der Waals surface area contributed by atoms with Crippen LogP contribution >= 0.6 is 35.6 Å². The van der Waals surface area contributed by atoms with E-state index in [2.05, 4.69) is 6.07 Å². The van der Waals surface area contributed by atoms with Crippen molar-refractivity contribution >= 4 is 51.9 Å². The molecule has 0 spiro atoms. The van der Waals surface area contributed by atoms with Gasteiger partial charge in [-0.1, -0.05) is 41.6 Å². The molecule has 0 bridgehead atoms. The van der Waals surface area contributed by atoms with Crippen LogP contribution < -0.4 is 9.47 Å². The minimum Gasteiger partial charge on any atom is -0.490 e. The van der Waals surface area contributed by atoms with Gasteiger partial charge in [-0.05, 0) is 61.4 Å². The Morgan fingerprint density at radius 2 is 1.79 bits per heavy atom. The number of benzene rings is 2. The first kappa shape index (κ1) is 20.7. The zero-order valence-corrected chi connectivity index (χ0v) is 18.2. The lowest BCUT2D eigenvalue weighted by atomic mass is 10.1. The average Bonchev–Trinajstić information content (AvgIpc) is 2.86. The van der Waals surface area contributed by atoms with Crippen molar-refractivity contribution in [2.24, 2.45) is 0 Å². The van der Waals surface area contributed by atoms with E-state index in [4.69, 9.17) is 33.3 Å². The third-order valence-corrected chi connectivity index (χ3v) is 5.77. The third kappa shape index (κ3) is 5.07. The Balaban J connectivity index is 1.68. The van der Waals surface area contributed by atoms with E-state index in [-0.39, 0.29) is 5.91 Å². The highest BCUT2D eigenvalue weighted by atomic mass is 35.5. The summed E-state index contributed by atoms with van der Waals surface area (Å²) in [6.45, 7) is 4.84. The number of thiocarbonyl (C=S) groups is 1. The predicted octanol–water partition coefficient (Wildman–Crippen LogP) is 5.25. The summed E-state index contributed by atoms with van der Waals surface area (Å²) in [5.74, 6) is 1.33. The van der Waals surface area contributed by atoms with Gasteiger partial charge in [0, 0.05) is 17.6 Å². The molecule has 1 saturated heterocycles. The second-order valence-electron chi connectivity index (χ2n) is 6.44. The predicted molar refractivity (Wildman–Crippen MR) is 119 cm³/mol. The van der Waals surface area contributed by atoms with Crippen LogP contribution in [0.15, 0.2) is 41.3 Å². The number of aryl methyl sites for hydroxylation is 2. The van der Waals surface area contributed by atoms with E-state index in [0.717, 1.165) is 22.4 Å². The van der Waals surface area contributed by atoms with E-state index < -0.39 is 0 Å². The molecule has 0 aliphatic carbocycles.